The molecule has 0 saturated carbocycles. The van der Waals surface area contributed by atoms with Gasteiger partial charge in [0.1, 0.15) is 5.52 Å². The van der Waals surface area contributed by atoms with Crippen molar-refractivity contribution in [2.45, 2.75) is 0 Å². The summed E-state index contributed by atoms with van der Waals surface area (Å²) in [7, 11) is 0. The number of nitrogens with zero attached hydrogens (tertiary/aromatic N) is 2. The molecule has 0 amide bonds. The summed E-state index contributed by atoms with van der Waals surface area (Å²) in [6.07, 6.45) is 0. The maximum absolute atomic E-state index is 6.19. The first-order chi connectivity index (χ1) is 20.8. The van der Waals surface area contributed by atoms with Crippen LogP contribution in [0.25, 0.3) is 55.2 Å². The van der Waals surface area contributed by atoms with Crippen molar-refractivity contribution in [3.63, 3.8) is 0 Å². The molecular weight excluding hydrogens is 512 g/mol. The molecule has 3 heteroatoms. The van der Waals surface area contributed by atoms with Gasteiger partial charge in [0.05, 0.1) is 0 Å². The van der Waals surface area contributed by atoms with E-state index in [9.17, 15) is 0 Å². The van der Waals surface area contributed by atoms with E-state index >= 15 is 0 Å². The van der Waals surface area contributed by atoms with E-state index in [4.69, 9.17) is 9.40 Å². The first-order valence-electron chi connectivity index (χ1n) is 14.1. The highest BCUT2D eigenvalue weighted by Gasteiger charge is 2.16. The molecule has 0 saturated heterocycles. The van der Waals surface area contributed by atoms with Crippen molar-refractivity contribution >= 4 is 49.7 Å². The van der Waals surface area contributed by atoms with Crippen LogP contribution in [-0.2, 0) is 0 Å². The number of fused-ring (bicyclic) bond motifs is 4. The lowest BCUT2D eigenvalue weighted by atomic mass is 9.98. The van der Waals surface area contributed by atoms with E-state index in [-0.39, 0.29) is 0 Å². The van der Waals surface area contributed by atoms with Crippen molar-refractivity contribution in [3.05, 3.63) is 158 Å². The van der Waals surface area contributed by atoms with Gasteiger partial charge < -0.3 is 9.32 Å². The van der Waals surface area contributed by atoms with Gasteiger partial charge in [0.15, 0.2) is 5.58 Å². The molecule has 0 radical (unpaired) electrons. The summed E-state index contributed by atoms with van der Waals surface area (Å²) in [6.45, 7) is 0. The smallest absolute Gasteiger partial charge is 0.227 e. The van der Waals surface area contributed by atoms with Gasteiger partial charge in [0.2, 0.25) is 5.89 Å². The molecule has 0 aliphatic carbocycles. The molecule has 198 valence electrons. The third-order valence-electron chi connectivity index (χ3n) is 7.88. The van der Waals surface area contributed by atoms with Gasteiger partial charge in [-0.25, -0.2) is 4.98 Å². The third kappa shape index (κ3) is 4.20. The van der Waals surface area contributed by atoms with E-state index in [2.05, 4.69) is 126 Å². The molecule has 7 aromatic carbocycles. The lowest BCUT2D eigenvalue weighted by Gasteiger charge is -2.26. The summed E-state index contributed by atoms with van der Waals surface area (Å²) in [5, 5.41) is 4.69. The minimum Gasteiger partial charge on any atom is -0.436 e. The predicted octanol–water partition coefficient (Wildman–Crippen LogP) is 10.9. The summed E-state index contributed by atoms with van der Waals surface area (Å²) >= 11 is 0. The summed E-state index contributed by atoms with van der Waals surface area (Å²) in [4.78, 5) is 7.24. The molecule has 0 atom stereocenters. The Morgan fingerprint density at radius 3 is 1.93 bits per heavy atom. The van der Waals surface area contributed by atoms with Crippen molar-refractivity contribution in [2.75, 3.05) is 4.90 Å². The van der Waals surface area contributed by atoms with Crippen molar-refractivity contribution in [3.8, 4) is 22.6 Å². The van der Waals surface area contributed by atoms with E-state index in [1.165, 1.54) is 21.9 Å². The first-order valence-corrected chi connectivity index (χ1v) is 14.1. The Balaban J connectivity index is 1.25. The van der Waals surface area contributed by atoms with Gasteiger partial charge in [0.25, 0.3) is 0 Å². The molecule has 0 unspecified atom stereocenters. The van der Waals surface area contributed by atoms with Crippen LogP contribution in [0.15, 0.2) is 162 Å². The molecule has 0 aliphatic rings. The highest BCUT2D eigenvalue weighted by Crippen LogP contribution is 2.39. The molecular formula is C39H26N2O. The molecule has 0 aliphatic heterocycles. The Morgan fingerprint density at radius 2 is 1.10 bits per heavy atom. The number of hydrogen-bond donors (Lipinski definition) is 0. The molecule has 42 heavy (non-hydrogen) atoms. The maximum atomic E-state index is 6.19. The molecule has 0 bridgehead atoms. The number of aromatic nitrogens is 1. The van der Waals surface area contributed by atoms with Gasteiger partial charge in [-0.05, 0) is 81.9 Å². The Kier molecular flexibility index (Phi) is 5.79. The number of benzene rings is 7. The van der Waals surface area contributed by atoms with Crippen LogP contribution in [-0.4, -0.2) is 4.98 Å². The van der Waals surface area contributed by atoms with Crippen molar-refractivity contribution in [2.24, 2.45) is 0 Å². The number of rotatable bonds is 5. The molecule has 8 rings (SSSR count). The van der Waals surface area contributed by atoms with Crippen LogP contribution in [0.1, 0.15) is 0 Å². The van der Waals surface area contributed by atoms with Crippen LogP contribution in [0.2, 0.25) is 0 Å². The van der Waals surface area contributed by atoms with Gasteiger partial charge in [-0.15, -0.1) is 0 Å². The molecule has 1 aromatic heterocycles. The van der Waals surface area contributed by atoms with Crippen LogP contribution in [0.4, 0.5) is 17.1 Å². The van der Waals surface area contributed by atoms with Gasteiger partial charge in [-0.2, -0.15) is 0 Å². The normalized spacial score (nSPS) is 11.3. The van der Waals surface area contributed by atoms with Gasteiger partial charge >= 0.3 is 0 Å². The van der Waals surface area contributed by atoms with Gasteiger partial charge in [-0.3, -0.25) is 0 Å². The zero-order valence-corrected chi connectivity index (χ0v) is 22.8. The highest BCUT2D eigenvalue weighted by molar-refractivity contribution is 6.06. The predicted molar refractivity (Wildman–Crippen MR) is 175 cm³/mol. The number of hydrogen-bond acceptors (Lipinski definition) is 3. The molecule has 0 fully saturated rings. The van der Waals surface area contributed by atoms with Crippen molar-refractivity contribution in [1.29, 1.82) is 0 Å². The van der Waals surface area contributed by atoms with Crippen LogP contribution >= 0.6 is 0 Å². The van der Waals surface area contributed by atoms with Crippen LogP contribution < -0.4 is 4.90 Å². The van der Waals surface area contributed by atoms with Crippen molar-refractivity contribution in [1.82, 2.24) is 4.98 Å². The maximum Gasteiger partial charge on any atom is 0.227 e. The fourth-order valence-corrected chi connectivity index (χ4v) is 5.83. The SMILES string of the molecule is c1ccc(-c2nc3c(ccc4ccc(N(c5ccccc5)c5ccc(-c6cccc7ccccc67)cc5)cc43)o2)cc1. The molecule has 0 spiro atoms. The summed E-state index contributed by atoms with van der Waals surface area (Å²) in [6, 6.07) is 55.1. The fourth-order valence-electron chi connectivity index (χ4n) is 5.83. The lowest BCUT2D eigenvalue weighted by molar-refractivity contribution is 0.620. The topological polar surface area (TPSA) is 29.3 Å². The average Bonchev–Trinajstić information content (AvgIpc) is 3.51. The number of oxazole rings is 1. The third-order valence-corrected chi connectivity index (χ3v) is 7.88. The Hall–Kier alpha value is -5.67. The average molecular weight is 539 g/mol. The second-order valence-electron chi connectivity index (χ2n) is 10.4. The van der Waals surface area contributed by atoms with Gasteiger partial charge in [0, 0.05) is 28.0 Å². The monoisotopic (exact) mass is 538 g/mol. The minimum absolute atomic E-state index is 0.632. The van der Waals surface area contributed by atoms with Crippen molar-refractivity contribution < 1.29 is 4.42 Å². The summed E-state index contributed by atoms with van der Waals surface area (Å²) < 4.78 is 6.19. The quantitative estimate of drug-likeness (QED) is 0.218. The van der Waals surface area contributed by atoms with Gasteiger partial charge in [-0.1, -0.05) is 103 Å². The zero-order valence-electron chi connectivity index (χ0n) is 22.8. The molecule has 1 heterocycles. The fraction of sp³-hybridized carbons (Fsp3) is 0. The molecule has 8 aromatic rings. The largest absolute Gasteiger partial charge is 0.436 e. The summed E-state index contributed by atoms with van der Waals surface area (Å²) in [5.74, 6) is 0.632. The zero-order chi connectivity index (χ0) is 27.9. The van der Waals surface area contributed by atoms with E-state index in [1.807, 2.05) is 36.4 Å². The summed E-state index contributed by atoms with van der Waals surface area (Å²) in [5.41, 5.74) is 8.28. The standard InChI is InChI=1S/C39H26N2O/c1-3-11-30(12-4-1)39-40-38-36-26-33(24-20-29(36)21-25-37(38)42-39)41(31-14-5-2-6-15-31)32-22-18-28(19-23-32)35-17-9-13-27-10-7-8-16-34(27)35/h1-26H. The van der Waals surface area contributed by atoms with E-state index in [0.717, 1.165) is 44.5 Å². The minimum atomic E-state index is 0.632. The van der Waals surface area contributed by atoms with Crippen LogP contribution in [0, 0.1) is 0 Å². The van der Waals surface area contributed by atoms with E-state index in [1.54, 1.807) is 0 Å². The number of anilines is 3. The van der Waals surface area contributed by atoms with Crippen LogP contribution in [0.5, 0.6) is 0 Å². The second-order valence-corrected chi connectivity index (χ2v) is 10.4. The van der Waals surface area contributed by atoms with E-state index in [0.29, 0.717) is 5.89 Å². The molecule has 0 N–H and O–H groups in total. The lowest BCUT2D eigenvalue weighted by Crippen LogP contribution is -2.09. The Labute approximate surface area is 243 Å². The Bertz CT molecular complexity index is 2180. The van der Waals surface area contributed by atoms with E-state index < -0.39 is 0 Å². The first kappa shape index (κ1) is 24.2. The molecule has 3 nitrogen and oxygen atoms in total. The number of para-hydroxylation sites is 1. The second kappa shape index (κ2) is 10.1. The van der Waals surface area contributed by atoms with Crippen LogP contribution in [0.3, 0.4) is 0 Å². The highest BCUT2D eigenvalue weighted by atomic mass is 16.3. The Morgan fingerprint density at radius 1 is 0.452 bits per heavy atom.